The number of rotatable bonds is 6. The van der Waals surface area contributed by atoms with Gasteiger partial charge in [0.25, 0.3) is 0 Å². The molecule has 0 bridgehead atoms. The van der Waals surface area contributed by atoms with Gasteiger partial charge in [-0.2, -0.15) is 0 Å². The van der Waals surface area contributed by atoms with E-state index >= 15 is 0 Å². The number of hydrogen-bond acceptors (Lipinski definition) is 1. The third kappa shape index (κ3) is 3.95. The van der Waals surface area contributed by atoms with Crippen LogP contribution in [0.3, 0.4) is 0 Å². The Morgan fingerprint density at radius 2 is 0.744 bits per heavy atom. The lowest BCUT2D eigenvalue weighted by Gasteiger charge is -2.17. The van der Waals surface area contributed by atoms with E-state index in [4.69, 9.17) is 0 Å². The maximum absolute atomic E-state index is 2.47. The van der Waals surface area contributed by atoms with Gasteiger partial charge in [-0.15, -0.1) is 11.3 Å². The van der Waals surface area contributed by atoms with E-state index in [0.29, 0.717) is 0 Å². The lowest BCUT2D eigenvalue weighted by atomic mass is 9.87. The second-order valence-electron chi connectivity index (χ2n) is 12.5. The van der Waals surface area contributed by atoms with Gasteiger partial charge in [0.2, 0.25) is 0 Å². The summed E-state index contributed by atoms with van der Waals surface area (Å²) in [4.78, 5) is 0. The highest BCUT2D eigenvalue weighted by molar-refractivity contribution is 7.26. The molecule has 43 heavy (non-hydrogen) atoms. The van der Waals surface area contributed by atoms with Crippen molar-refractivity contribution >= 4 is 74.6 Å². The predicted octanol–water partition coefficient (Wildman–Crippen LogP) is 11.7. The Morgan fingerprint density at radius 1 is 0.372 bits per heavy atom. The van der Waals surface area contributed by atoms with Gasteiger partial charge in [0, 0.05) is 20.2 Å². The van der Waals surface area contributed by atoms with Gasteiger partial charge in [-0.05, 0) is 140 Å². The molecule has 9 aromatic rings. The second kappa shape index (κ2) is 9.53. The van der Waals surface area contributed by atoms with E-state index < -0.39 is 0 Å². The highest BCUT2D eigenvalue weighted by Gasteiger charge is 2.19. The number of benzene rings is 6. The van der Waals surface area contributed by atoms with E-state index in [-0.39, 0.29) is 0 Å². The van der Waals surface area contributed by atoms with Crippen LogP contribution in [-0.2, 0) is 25.7 Å². The van der Waals surface area contributed by atoms with Crippen LogP contribution in [-0.4, -0.2) is 0 Å². The molecule has 0 unspecified atom stereocenters. The SMILES string of the molecule is Cc1cc2c(cc1CCc1ccccc1)c1cc3sc4cc5c6cc(CCc7ccccc7)c(C)cc6c5cc4c3cc21. The largest absolute Gasteiger partial charge is 0.135 e. The zero-order valence-corrected chi connectivity index (χ0v) is 25.4. The monoisotopic (exact) mass is 568 g/mol. The summed E-state index contributed by atoms with van der Waals surface area (Å²) in [5, 5.41) is 14.2. The molecular formula is C42H32S. The molecule has 0 atom stereocenters. The lowest BCUT2D eigenvalue weighted by Crippen LogP contribution is -1.96. The standard InChI is InChI=1S/C42H32S/c1-25-17-31-33(19-29(25)15-13-27-9-5-3-6-10-27)37-23-41-39(21-35(31)37)40-22-36-32-18-26(2)30(16-14-28-11-7-4-8-12-28)20-34(32)38(36)24-42(40)43-41/h3-12,17-24H,13-16H2,1-2H3. The van der Waals surface area contributed by atoms with Gasteiger partial charge in [-0.25, -0.2) is 0 Å². The summed E-state index contributed by atoms with van der Waals surface area (Å²) >= 11 is 1.95. The van der Waals surface area contributed by atoms with Crippen LogP contribution in [0.15, 0.2) is 109 Å². The predicted molar refractivity (Wildman–Crippen MR) is 189 cm³/mol. The number of thiophene rings is 1. The van der Waals surface area contributed by atoms with Crippen molar-refractivity contribution in [3.63, 3.8) is 0 Å². The van der Waals surface area contributed by atoms with Crippen molar-refractivity contribution in [3.8, 4) is 0 Å². The van der Waals surface area contributed by atoms with Crippen LogP contribution in [0.2, 0.25) is 0 Å². The molecule has 0 fully saturated rings. The molecule has 0 saturated carbocycles. The zero-order valence-electron chi connectivity index (χ0n) is 24.6. The Morgan fingerprint density at radius 3 is 1.19 bits per heavy atom. The average Bonchev–Trinajstić information content (AvgIpc) is 3.39. The minimum atomic E-state index is 1.09. The Bertz CT molecular complexity index is 2270. The van der Waals surface area contributed by atoms with Gasteiger partial charge in [0.05, 0.1) is 0 Å². The number of hydrogen-bond donors (Lipinski definition) is 0. The van der Waals surface area contributed by atoms with E-state index in [0.717, 1.165) is 25.7 Å². The Balaban J connectivity index is 1.10. The molecular weight excluding hydrogens is 537 g/mol. The van der Waals surface area contributed by atoms with E-state index in [1.807, 2.05) is 11.3 Å². The summed E-state index contributed by atoms with van der Waals surface area (Å²) in [5.41, 5.74) is 8.59. The molecule has 0 aliphatic carbocycles. The van der Waals surface area contributed by atoms with Gasteiger partial charge in [0.1, 0.15) is 0 Å². The first-order valence-electron chi connectivity index (χ1n) is 15.5. The zero-order chi connectivity index (χ0) is 28.7. The summed E-state index contributed by atoms with van der Waals surface area (Å²) in [6, 6.07) is 41.4. The minimum Gasteiger partial charge on any atom is -0.135 e. The molecule has 0 aliphatic heterocycles. The highest BCUT2D eigenvalue weighted by atomic mass is 32.1. The molecule has 0 saturated heterocycles. The van der Waals surface area contributed by atoms with Crippen LogP contribution < -0.4 is 0 Å². The van der Waals surface area contributed by atoms with Crippen LogP contribution in [0.1, 0.15) is 33.4 Å². The molecule has 0 spiro atoms. The normalized spacial score (nSPS) is 12.3. The fourth-order valence-electron chi connectivity index (χ4n) is 7.42. The summed E-state index contributed by atoms with van der Waals surface area (Å²) in [6.07, 6.45) is 4.35. The first kappa shape index (κ1) is 25.1. The third-order valence-corrected chi connectivity index (χ3v) is 11.0. The molecule has 0 amide bonds. The van der Waals surface area contributed by atoms with Gasteiger partial charge in [-0.3, -0.25) is 0 Å². The van der Waals surface area contributed by atoms with Crippen molar-refractivity contribution in [3.05, 3.63) is 143 Å². The van der Waals surface area contributed by atoms with Crippen molar-refractivity contribution in [2.45, 2.75) is 39.5 Å². The molecule has 0 aliphatic rings. The van der Waals surface area contributed by atoms with Crippen molar-refractivity contribution in [1.29, 1.82) is 0 Å². The maximum Gasteiger partial charge on any atom is 0.0362 e. The first-order chi connectivity index (χ1) is 21.1. The molecule has 0 nitrogen and oxygen atoms in total. The third-order valence-electron chi connectivity index (χ3n) is 9.91. The average molecular weight is 569 g/mol. The van der Waals surface area contributed by atoms with Crippen LogP contribution in [0.25, 0.3) is 63.3 Å². The molecule has 206 valence electrons. The van der Waals surface area contributed by atoms with Gasteiger partial charge in [0.15, 0.2) is 0 Å². The first-order valence-corrected chi connectivity index (χ1v) is 16.3. The molecule has 0 N–H and O–H groups in total. The van der Waals surface area contributed by atoms with Gasteiger partial charge < -0.3 is 0 Å². The topological polar surface area (TPSA) is 0 Å². The number of fused-ring (bicyclic) bond motifs is 11. The van der Waals surface area contributed by atoms with Crippen LogP contribution in [0, 0.1) is 13.8 Å². The molecule has 0 radical (unpaired) electrons. The molecule has 9 rings (SSSR count). The van der Waals surface area contributed by atoms with Crippen molar-refractivity contribution in [1.82, 2.24) is 0 Å². The minimum absolute atomic E-state index is 1.09. The summed E-state index contributed by atoms with van der Waals surface area (Å²) in [7, 11) is 0. The second-order valence-corrected chi connectivity index (χ2v) is 13.6. The van der Waals surface area contributed by atoms with E-state index in [9.17, 15) is 0 Å². The van der Waals surface area contributed by atoms with E-state index in [2.05, 4.69) is 123 Å². The van der Waals surface area contributed by atoms with Crippen LogP contribution in [0.5, 0.6) is 0 Å². The Kier molecular flexibility index (Phi) is 5.55. The summed E-state index contributed by atoms with van der Waals surface area (Å²) < 4.78 is 2.80. The van der Waals surface area contributed by atoms with Gasteiger partial charge in [-0.1, -0.05) is 84.9 Å². The lowest BCUT2D eigenvalue weighted by molar-refractivity contribution is 0.952. The number of aryl methyl sites for hydroxylation is 6. The molecule has 1 heteroatoms. The fourth-order valence-corrected chi connectivity index (χ4v) is 8.57. The van der Waals surface area contributed by atoms with Crippen molar-refractivity contribution < 1.29 is 0 Å². The molecule has 1 aromatic heterocycles. The van der Waals surface area contributed by atoms with Crippen molar-refractivity contribution in [2.75, 3.05) is 0 Å². The summed E-state index contributed by atoms with van der Waals surface area (Å²) in [6.45, 7) is 4.56. The molecule has 8 aromatic carbocycles. The van der Waals surface area contributed by atoms with Crippen molar-refractivity contribution in [2.24, 2.45) is 0 Å². The molecule has 1 heterocycles. The highest BCUT2D eigenvalue weighted by Crippen LogP contribution is 2.47. The maximum atomic E-state index is 2.47. The smallest absolute Gasteiger partial charge is 0.0362 e. The van der Waals surface area contributed by atoms with Gasteiger partial charge >= 0.3 is 0 Å². The Hall–Kier alpha value is -4.46. The Labute approximate surface area is 255 Å². The van der Waals surface area contributed by atoms with Crippen LogP contribution >= 0.6 is 11.3 Å². The van der Waals surface area contributed by atoms with E-state index in [1.54, 1.807) is 0 Å². The summed E-state index contributed by atoms with van der Waals surface area (Å²) in [5.74, 6) is 0. The quantitative estimate of drug-likeness (QED) is 0.187. The van der Waals surface area contributed by atoms with Crippen LogP contribution in [0.4, 0.5) is 0 Å². The fraction of sp³-hybridized carbons (Fsp3) is 0.143. The van der Waals surface area contributed by atoms with E-state index in [1.165, 1.54) is 96.6 Å².